The second-order valence-corrected chi connectivity index (χ2v) is 7.23. The highest BCUT2D eigenvalue weighted by molar-refractivity contribution is 5.89. The highest BCUT2D eigenvalue weighted by atomic mass is 16.2. The van der Waals surface area contributed by atoms with Crippen molar-refractivity contribution in [1.29, 1.82) is 0 Å². The van der Waals surface area contributed by atoms with Gasteiger partial charge in [-0.2, -0.15) is 0 Å². The standard InChI is InChI=1S/C21H29N3O2/c1-14(2)20(21(26)23-13-15(3)12-22)24-19(25)11-16-8-9-17-6-4-5-7-18(17)10-16/h4-10,14-15,20H,11-13,22H2,1-3H3,(H,23,26)(H,24,25). The van der Waals surface area contributed by atoms with Crippen molar-refractivity contribution in [3.05, 3.63) is 48.0 Å². The van der Waals surface area contributed by atoms with E-state index < -0.39 is 6.04 Å². The first-order chi connectivity index (χ1) is 12.4. The lowest BCUT2D eigenvalue weighted by Crippen LogP contribution is -2.51. The normalized spacial score (nSPS) is 13.4. The molecule has 0 fully saturated rings. The van der Waals surface area contributed by atoms with Gasteiger partial charge in [-0.25, -0.2) is 0 Å². The third kappa shape index (κ3) is 5.56. The quantitative estimate of drug-likeness (QED) is 0.679. The van der Waals surface area contributed by atoms with E-state index in [-0.39, 0.29) is 30.1 Å². The van der Waals surface area contributed by atoms with Crippen molar-refractivity contribution in [1.82, 2.24) is 10.6 Å². The molecule has 0 spiro atoms. The lowest BCUT2D eigenvalue weighted by molar-refractivity contribution is -0.129. The van der Waals surface area contributed by atoms with Gasteiger partial charge in [-0.15, -0.1) is 0 Å². The Morgan fingerprint density at radius 3 is 2.38 bits per heavy atom. The number of nitrogens with two attached hydrogens (primary N) is 1. The van der Waals surface area contributed by atoms with Crippen LogP contribution in [0.25, 0.3) is 10.8 Å². The van der Waals surface area contributed by atoms with E-state index in [9.17, 15) is 9.59 Å². The van der Waals surface area contributed by atoms with E-state index >= 15 is 0 Å². The Bertz CT molecular complexity index is 758. The maximum absolute atomic E-state index is 12.5. The van der Waals surface area contributed by atoms with Crippen LogP contribution in [0, 0.1) is 11.8 Å². The van der Waals surface area contributed by atoms with E-state index in [0.717, 1.165) is 16.3 Å². The molecule has 2 aromatic rings. The Kier molecular flexibility index (Phi) is 7.16. The SMILES string of the molecule is CC(CN)CNC(=O)C(NC(=O)Cc1ccc2ccccc2c1)C(C)C. The van der Waals surface area contributed by atoms with Gasteiger partial charge in [0.1, 0.15) is 6.04 Å². The van der Waals surface area contributed by atoms with Gasteiger partial charge in [0.15, 0.2) is 0 Å². The van der Waals surface area contributed by atoms with Gasteiger partial charge in [0.2, 0.25) is 11.8 Å². The van der Waals surface area contributed by atoms with Crippen molar-refractivity contribution in [3.63, 3.8) is 0 Å². The molecule has 5 heteroatoms. The minimum absolute atomic E-state index is 0.00346. The van der Waals surface area contributed by atoms with Crippen LogP contribution in [0.5, 0.6) is 0 Å². The average molecular weight is 355 g/mol. The number of carbonyl (C=O) groups is 2. The van der Waals surface area contributed by atoms with Crippen LogP contribution in [0.2, 0.25) is 0 Å². The topological polar surface area (TPSA) is 84.2 Å². The molecule has 26 heavy (non-hydrogen) atoms. The number of fused-ring (bicyclic) bond motifs is 1. The molecule has 5 nitrogen and oxygen atoms in total. The van der Waals surface area contributed by atoms with Crippen LogP contribution >= 0.6 is 0 Å². The Hall–Kier alpha value is -2.40. The molecule has 0 bridgehead atoms. The maximum atomic E-state index is 12.5. The number of amides is 2. The van der Waals surface area contributed by atoms with Crippen molar-refractivity contribution in [2.24, 2.45) is 17.6 Å². The molecule has 2 atom stereocenters. The summed E-state index contributed by atoms with van der Waals surface area (Å²) in [5, 5.41) is 7.99. The molecule has 4 N–H and O–H groups in total. The summed E-state index contributed by atoms with van der Waals surface area (Å²) in [6.07, 6.45) is 0.251. The fourth-order valence-corrected chi connectivity index (χ4v) is 2.76. The van der Waals surface area contributed by atoms with Crippen LogP contribution in [0.4, 0.5) is 0 Å². The predicted molar refractivity (Wildman–Crippen MR) is 106 cm³/mol. The van der Waals surface area contributed by atoms with Gasteiger partial charge in [-0.1, -0.05) is 63.2 Å². The summed E-state index contributed by atoms with van der Waals surface area (Å²) in [5.74, 6) is -0.100. The third-order valence-electron chi connectivity index (χ3n) is 4.47. The number of carbonyl (C=O) groups excluding carboxylic acids is 2. The molecule has 2 amide bonds. The molecule has 0 aliphatic carbocycles. The summed E-state index contributed by atoms with van der Waals surface area (Å²) in [5.41, 5.74) is 6.51. The molecule has 0 saturated carbocycles. The lowest BCUT2D eigenvalue weighted by Gasteiger charge is -2.22. The van der Waals surface area contributed by atoms with Crippen LogP contribution in [0.3, 0.4) is 0 Å². The second-order valence-electron chi connectivity index (χ2n) is 7.23. The summed E-state index contributed by atoms with van der Waals surface area (Å²) in [4.78, 5) is 24.9. The van der Waals surface area contributed by atoms with E-state index in [1.165, 1.54) is 0 Å². The number of nitrogens with one attached hydrogen (secondary N) is 2. The third-order valence-corrected chi connectivity index (χ3v) is 4.47. The molecule has 0 radical (unpaired) electrons. The van der Waals surface area contributed by atoms with Crippen LogP contribution in [-0.2, 0) is 16.0 Å². The van der Waals surface area contributed by atoms with Crippen molar-refractivity contribution < 1.29 is 9.59 Å². The van der Waals surface area contributed by atoms with Crippen molar-refractivity contribution in [2.75, 3.05) is 13.1 Å². The Labute approximate surface area is 155 Å². The van der Waals surface area contributed by atoms with Gasteiger partial charge in [0.05, 0.1) is 6.42 Å². The lowest BCUT2D eigenvalue weighted by atomic mass is 10.0. The molecule has 140 valence electrons. The molecule has 0 saturated heterocycles. The first-order valence-corrected chi connectivity index (χ1v) is 9.15. The first kappa shape index (κ1) is 19.9. The minimum atomic E-state index is -0.548. The number of hydrogen-bond donors (Lipinski definition) is 3. The average Bonchev–Trinajstić information content (AvgIpc) is 2.63. The first-order valence-electron chi connectivity index (χ1n) is 9.15. The van der Waals surface area contributed by atoms with E-state index in [4.69, 9.17) is 5.73 Å². The van der Waals surface area contributed by atoms with E-state index in [1.807, 2.05) is 63.2 Å². The van der Waals surface area contributed by atoms with Gasteiger partial charge in [-0.3, -0.25) is 9.59 Å². The fraction of sp³-hybridized carbons (Fsp3) is 0.429. The molecular formula is C21H29N3O2. The van der Waals surface area contributed by atoms with Crippen molar-refractivity contribution in [2.45, 2.75) is 33.2 Å². The van der Waals surface area contributed by atoms with Gasteiger partial charge in [0.25, 0.3) is 0 Å². The molecule has 0 heterocycles. The monoisotopic (exact) mass is 355 g/mol. The Morgan fingerprint density at radius 2 is 1.73 bits per heavy atom. The van der Waals surface area contributed by atoms with E-state index in [0.29, 0.717) is 13.1 Å². The molecule has 0 aliphatic rings. The summed E-state index contributed by atoms with van der Waals surface area (Å²) in [6, 6.07) is 13.5. The van der Waals surface area contributed by atoms with Crippen LogP contribution in [0.15, 0.2) is 42.5 Å². The van der Waals surface area contributed by atoms with Crippen LogP contribution in [0.1, 0.15) is 26.3 Å². The minimum Gasteiger partial charge on any atom is -0.354 e. The zero-order valence-corrected chi connectivity index (χ0v) is 15.8. The molecular weight excluding hydrogens is 326 g/mol. The summed E-state index contributed by atoms with van der Waals surface area (Å²) < 4.78 is 0. The smallest absolute Gasteiger partial charge is 0.242 e. The number of hydrogen-bond acceptors (Lipinski definition) is 3. The molecule has 2 rings (SSSR count). The number of rotatable bonds is 8. The summed E-state index contributed by atoms with van der Waals surface area (Å²) in [7, 11) is 0. The fourth-order valence-electron chi connectivity index (χ4n) is 2.76. The van der Waals surface area contributed by atoms with Gasteiger partial charge in [0, 0.05) is 6.54 Å². The zero-order chi connectivity index (χ0) is 19.1. The van der Waals surface area contributed by atoms with Gasteiger partial charge >= 0.3 is 0 Å². The molecule has 2 unspecified atom stereocenters. The molecule has 2 aromatic carbocycles. The van der Waals surface area contributed by atoms with Gasteiger partial charge < -0.3 is 16.4 Å². The summed E-state index contributed by atoms with van der Waals surface area (Å²) in [6.45, 7) is 6.85. The van der Waals surface area contributed by atoms with Crippen molar-refractivity contribution in [3.8, 4) is 0 Å². The van der Waals surface area contributed by atoms with Crippen LogP contribution in [-0.4, -0.2) is 30.9 Å². The largest absolute Gasteiger partial charge is 0.354 e. The van der Waals surface area contributed by atoms with Gasteiger partial charge in [-0.05, 0) is 34.7 Å². The highest BCUT2D eigenvalue weighted by Crippen LogP contribution is 2.16. The molecule has 0 aliphatic heterocycles. The number of benzene rings is 2. The maximum Gasteiger partial charge on any atom is 0.242 e. The zero-order valence-electron chi connectivity index (χ0n) is 15.8. The Morgan fingerprint density at radius 1 is 1.04 bits per heavy atom. The predicted octanol–water partition coefficient (Wildman–Crippen LogP) is 2.23. The Balaban J connectivity index is 1.98. The van der Waals surface area contributed by atoms with E-state index in [1.54, 1.807) is 0 Å². The summed E-state index contributed by atoms with van der Waals surface area (Å²) >= 11 is 0. The second kappa shape index (κ2) is 9.34. The van der Waals surface area contributed by atoms with Crippen molar-refractivity contribution >= 4 is 22.6 Å². The molecule has 0 aromatic heterocycles. The van der Waals surface area contributed by atoms with Crippen LogP contribution < -0.4 is 16.4 Å². The van der Waals surface area contributed by atoms with E-state index in [2.05, 4.69) is 10.6 Å². The highest BCUT2D eigenvalue weighted by Gasteiger charge is 2.24.